The molecule has 5 aromatic rings. The van der Waals surface area contributed by atoms with Crippen LogP contribution in [0.3, 0.4) is 0 Å². The van der Waals surface area contributed by atoms with Crippen LogP contribution in [0.4, 0.5) is 17.1 Å². The number of hydrogen-bond donors (Lipinski definition) is 3. The van der Waals surface area contributed by atoms with Crippen LogP contribution in [0.1, 0.15) is 28.1 Å². The van der Waals surface area contributed by atoms with E-state index in [0.717, 1.165) is 21.2 Å². The van der Waals surface area contributed by atoms with Gasteiger partial charge in [-0.3, -0.25) is 14.4 Å². The Morgan fingerprint density at radius 1 is 0.600 bits per heavy atom. The molecule has 1 atom stereocenters. The number of carbonyl (C=O) groups excluding carboxylic acids is 3. The van der Waals surface area contributed by atoms with Gasteiger partial charge in [0.25, 0.3) is 5.91 Å². The summed E-state index contributed by atoms with van der Waals surface area (Å²) in [6.45, 7) is 1.45. The molecule has 3 N–H and O–H groups in total. The Bertz CT molecular complexity index is 1650. The summed E-state index contributed by atoms with van der Waals surface area (Å²) in [7, 11) is 0. The van der Waals surface area contributed by atoms with Crippen LogP contribution in [0.2, 0.25) is 0 Å². The van der Waals surface area contributed by atoms with Crippen molar-refractivity contribution >= 4 is 57.3 Å². The van der Waals surface area contributed by atoms with Gasteiger partial charge in [0.2, 0.25) is 11.8 Å². The summed E-state index contributed by atoms with van der Waals surface area (Å²) in [6.07, 6.45) is 0. The van der Waals surface area contributed by atoms with Crippen molar-refractivity contribution in [2.45, 2.75) is 17.1 Å². The molecule has 5 rings (SSSR count). The van der Waals surface area contributed by atoms with Gasteiger partial charge in [-0.25, -0.2) is 0 Å². The average Bonchev–Trinajstić information content (AvgIpc) is 2.97. The molecule has 0 saturated carbocycles. The number of amides is 3. The lowest BCUT2D eigenvalue weighted by atomic mass is 10.1. The van der Waals surface area contributed by atoms with E-state index in [1.54, 1.807) is 24.3 Å². The first-order valence-electron chi connectivity index (χ1n) is 12.7. The number of hydrogen-bond acceptors (Lipinski definition) is 4. The second kappa shape index (κ2) is 12.3. The first kappa shape index (κ1) is 26.7. The first-order valence-corrected chi connectivity index (χ1v) is 13.6. The molecule has 6 nitrogen and oxygen atoms in total. The predicted octanol–water partition coefficient (Wildman–Crippen LogP) is 7.52. The van der Waals surface area contributed by atoms with Crippen molar-refractivity contribution < 1.29 is 14.4 Å². The smallest absolute Gasteiger partial charge is 0.255 e. The number of carbonyl (C=O) groups is 3. The fourth-order valence-corrected chi connectivity index (χ4v) is 5.26. The molecular weight excluding hydrogens is 518 g/mol. The largest absolute Gasteiger partial charge is 0.326 e. The van der Waals surface area contributed by atoms with E-state index in [2.05, 4.69) is 16.0 Å². The molecule has 0 saturated heterocycles. The Labute approximate surface area is 236 Å². The van der Waals surface area contributed by atoms with Crippen LogP contribution in [0.15, 0.2) is 126 Å². The highest BCUT2D eigenvalue weighted by molar-refractivity contribution is 8.00. The highest BCUT2D eigenvalue weighted by Gasteiger charge is 2.22. The molecule has 0 heterocycles. The highest BCUT2D eigenvalue weighted by Crippen LogP contribution is 2.37. The quantitative estimate of drug-likeness (QED) is 0.176. The topological polar surface area (TPSA) is 87.3 Å². The van der Waals surface area contributed by atoms with E-state index in [0.29, 0.717) is 22.6 Å². The number of thioether (sulfide) groups is 1. The van der Waals surface area contributed by atoms with E-state index >= 15 is 0 Å². The molecule has 0 aliphatic carbocycles. The third kappa shape index (κ3) is 6.76. The molecule has 7 heteroatoms. The third-order valence-corrected chi connectivity index (χ3v) is 7.46. The zero-order valence-corrected chi connectivity index (χ0v) is 22.6. The van der Waals surface area contributed by atoms with Crippen LogP contribution in [-0.4, -0.2) is 17.7 Å². The zero-order valence-electron chi connectivity index (χ0n) is 21.8. The molecule has 0 bridgehead atoms. The zero-order chi connectivity index (χ0) is 27.9. The molecule has 5 aromatic carbocycles. The first-order chi connectivity index (χ1) is 19.4. The molecule has 40 heavy (non-hydrogen) atoms. The Kier molecular flexibility index (Phi) is 8.23. The highest BCUT2D eigenvalue weighted by atomic mass is 32.2. The lowest BCUT2D eigenvalue weighted by Crippen LogP contribution is -2.19. The van der Waals surface area contributed by atoms with Crippen LogP contribution in [0.5, 0.6) is 0 Å². The average molecular weight is 546 g/mol. The molecule has 0 spiro atoms. The third-order valence-electron chi connectivity index (χ3n) is 6.19. The van der Waals surface area contributed by atoms with Crippen molar-refractivity contribution in [3.8, 4) is 0 Å². The van der Waals surface area contributed by atoms with Crippen molar-refractivity contribution in [3.63, 3.8) is 0 Å². The van der Waals surface area contributed by atoms with E-state index in [1.807, 2.05) is 97.1 Å². The van der Waals surface area contributed by atoms with Crippen molar-refractivity contribution in [2.24, 2.45) is 0 Å². The number of rotatable bonds is 8. The molecule has 198 valence electrons. The lowest BCUT2D eigenvalue weighted by Gasteiger charge is -2.18. The summed E-state index contributed by atoms with van der Waals surface area (Å²) in [5, 5.41) is 10.2. The fourth-order valence-electron chi connectivity index (χ4n) is 4.24. The van der Waals surface area contributed by atoms with E-state index in [1.165, 1.54) is 18.7 Å². The lowest BCUT2D eigenvalue weighted by molar-refractivity contribution is -0.116. The van der Waals surface area contributed by atoms with E-state index in [9.17, 15) is 14.4 Å². The number of fused-ring (bicyclic) bond motifs is 1. The van der Waals surface area contributed by atoms with Gasteiger partial charge in [0, 0.05) is 34.4 Å². The monoisotopic (exact) mass is 545 g/mol. The van der Waals surface area contributed by atoms with Crippen LogP contribution in [0.25, 0.3) is 10.8 Å². The summed E-state index contributed by atoms with van der Waals surface area (Å²) in [6, 6.07) is 37.6. The summed E-state index contributed by atoms with van der Waals surface area (Å²) in [5.74, 6) is -0.508. The minimum atomic E-state index is -0.505. The molecule has 0 aromatic heterocycles. The van der Waals surface area contributed by atoms with Crippen LogP contribution in [-0.2, 0) is 9.59 Å². The van der Waals surface area contributed by atoms with Gasteiger partial charge in [-0.05, 0) is 77.0 Å². The molecule has 0 aliphatic heterocycles. The summed E-state index contributed by atoms with van der Waals surface area (Å²) in [4.78, 5) is 38.4. The Morgan fingerprint density at radius 3 is 1.85 bits per heavy atom. The minimum absolute atomic E-state index is 0.156. The molecule has 3 amide bonds. The molecule has 0 radical (unpaired) electrons. The van der Waals surface area contributed by atoms with Gasteiger partial charge < -0.3 is 16.0 Å². The van der Waals surface area contributed by atoms with Gasteiger partial charge >= 0.3 is 0 Å². The van der Waals surface area contributed by atoms with Crippen LogP contribution < -0.4 is 16.0 Å². The predicted molar refractivity (Wildman–Crippen MR) is 163 cm³/mol. The Hall–Kier alpha value is -4.88. The summed E-state index contributed by atoms with van der Waals surface area (Å²) < 4.78 is 0. The van der Waals surface area contributed by atoms with E-state index < -0.39 is 5.25 Å². The maximum atomic E-state index is 13.4. The van der Waals surface area contributed by atoms with Gasteiger partial charge in [-0.2, -0.15) is 0 Å². The van der Waals surface area contributed by atoms with Gasteiger partial charge in [-0.15, -0.1) is 11.8 Å². The Balaban J connectivity index is 1.28. The standard InChI is InChI=1S/C33H27N3O3S/c1-22(37)34-27-13-15-28(16-14-27)36-33(39)31(24-8-3-2-4-9-24)40-30-19-17-29(18-20-30)35-32(38)26-12-11-23-7-5-6-10-25(23)21-26/h2-21,31H,1H3,(H,34,37)(H,35,38)(H,36,39). The summed E-state index contributed by atoms with van der Waals surface area (Å²) >= 11 is 1.42. The van der Waals surface area contributed by atoms with Crippen LogP contribution >= 0.6 is 11.8 Å². The maximum absolute atomic E-state index is 13.4. The van der Waals surface area contributed by atoms with E-state index in [-0.39, 0.29) is 17.7 Å². The normalized spacial score (nSPS) is 11.4. The molecule has 0 aliphatic rings. The number of benzene rings is 5. The van der Waals surface area contributed by atoms with Gasteiger partial charge in [0.15, 0.2) is 0 Å². The van der Waals surface area contributed by atoms with Gasteiger partial charge in [-0.1, -0.05) is 60.7 Å². The van der Waals surface area contributed by atoms with Crippen molar-refractivity contribution in [1.82, 2.24) is 0 Å². The summed E-state index contributed by atoms with van der Waals surface area (Å²) in [5.41, 5.74) is 3.42. The number of anilines is 3. The maximum Gasteiger partial charge on any atom is 0.255 e. The SMILES string of the molecule is CC(=O)Nc1ccc(NC(=O)C(Sc2ccc(NC(=O)c3ccc4ccccc4c3)cc2)c2ccccc2)cc1. The second-order valence-corrected chi connectivity index (χ2v) is 10.4. The van der Waals surface area contributed by atoms with E-state index in [4.69, 9.17) is 0 Å². The Morgan fingerprint density at radius 2 is 1.18 bits per heavy atom. The number of nitrogens with one attached hydrogen (secondary N) is 3. The second-order valence-electron chi connectivity index (χ2n) is 9.20. The molecule has 1 unspecified atom stereocenters. The van der Waals surface area contributed by atoms with Crippen molar-refractivity contribution in [2.75, 3.05) is 16.0 Å². The van der Waals surface area contributed by atoms with Crippen molar-refractivity contribution in [3.05, 3.63) is 132 Å². The molecule has 0 fully saturated rings. The van der Waals surface area contributed by atoms with Gasteiger partial charge in [0.1, 0.15) is 5.25 Å². The van der Waals surface area contributed by atoms with Gasteiger partial charge in [0.05, 0.1) is 0 Å². The fraction of sp³-hybridized carbons (Fsp3) is 0.0606. The van der Waals surface area contributed by atoms with Crippen molar-refractivity contribution in [1.29, 1.82) is 0 Å². The molecular formula is C33H27N3O3S. The van der Waals surface area contributed by atoms with Crippen LogP contribution in [0, 0.1) is 0 Å². The minimum Gasteiger partial charge on any atom is -0.326 e.